The molecule has 1 atom stereocenters. The molecule has 0 fully saturated rings. The number of hydrogen-bond donors (Lipinski definition) is 1. The second-order valence-corrected chi connectivity index (χ2v) is 10.2. The lowest BCUT2D eigenvalue weighted by Crippen LogP contribution is -2.33. The van der Waals surface area contributed by atoms with Gasteiger partial charge in [-0.3, -0.25) is 14.1 Å². The fourth-order valence-corrected chi connectivity index (χ4v) is 4.21. The van der Waals surface area contributed by atoms with Gasteiger partial charge in [0.2, 0.25) is 0 Å². The summed E-state index contributed by atoms with van der Waals surface area (Å²) in [6, 6.07) is 0. The van der Waals surface area contributed by atoms with Crippen LogP contribution >= 0.6 is 0 Å². The Morgan fingerprint density at radius 2 is 1.21 bits per heavy atom. The van der Waals surface area contributed by atoms with Crippen molar-refractivity contribution in [1.82, 2.24) is 0 Å². The van der Waals surface area contributed by atoms with E-state index < -0.39 is 33.7 Å². The number of allylic oxidation sites excluding steroid dienone is 1. The summed E-state index contributed by atoms with van der Waals surface area (Å²) in [5.74, 6) is -2.06. The Bertz CT molecular complexity index is 629. The fraction of sp³-hybridized carbons (Fsp3) is 0.840. The van der Waals surface area contributed by atoms with Crippen molar-refractivity contribution in [3.05, 3.63) is 12.3 Å². The Kier molecular flexibility index (Phi) is 20.2. The number of esters is 2. The van der Waals surface area contributed by atoms with E-state index in [0.717, 1.165) is 25.5 Å². The summed E-state index contributed by atoms with van der Waals surface area (Å²) < 4.78 is 41.4. The quantitative estimate of drug-likeness (QED) is 0.0797. The summed E-state index contributed by atoms with van der Waals surface area (Å²) in [5, 5.41) is -1.98. The number of rotatable bonds is 22. The van der Waals surface area contributed by atoms with Crippen molar-refractivity contribution in [2.45, 2.75) is 128 Å². The molecule has 7 nitrogen and oxygen atoms in total. The van der Waals surface area contributed by atoms with Crippen molar-refractivity contribution in [2.24, 2.45) is 0 Å². The maximum Gasteiger partial charge on any atom is 0.332 e. The molecule has 0 bridgehead atoms. The first-order valence-corrected chi connectivity index (χ1v) is 14.3. The van der Waals surface area contributed by atoms with Crippen LogP contribution in [0.4, 0.5) is 0 Å². The van der Waals surface area contributed by atoms with Crippen molar-refractivity contribution < 1.29 is 32.0 Å². The van der Waals surface area contributed by atoms with E-state index in [4.69, 9.17) is 9.29 Å². The number of ether oxygens (including phenoxy) is 2. The Balaban J connectivity index is 3.63. The highest BCUT2D eigenvalue weighted by Crippen LogP contribution is 2.14. The van der Waals surface area contributed by atoms with Crippen LogP contribution in [-0.2, 0) is 29.2 Å². The third-order valence-electron chi connectivity index (χ3n) is 5.56. The Morgan fingerprint density at radius 1 is 0.788 bits per heavy atom. The maximum absolute atomic E-state index is 11.8. The highest BCUT2D eigenvalue weighted by Gasteiger charge is 2.35. The molecule has 0 aromatic heterocycles. The van der Waals surface area contributed by atoms with Crippen LogP contribution in [0.25, 0.3) is 0 Å². The van der Waals surface area contributed by atoms with Gasteiger partial charge in [-0.25, -0.2) is 0 Å². The summed E-state index contributed by atoms with van der Waals surface area (Å²) in [5.41, 5.74) is 0. The van der Waals surface area contributed by atoms with Crippen molar-refractivity contribution in [1.29, 1.82) is 0 Å². The number of hydrogen-bond acceptors (Lipinski definition) is 6. The molecule has 0 heterocycles. The van der Waals surface area contributed by atoms with Crippen molar-refractivity contribution >= 4 is 22.1 Å². The first-order valence-electron chi connectivity index (χ1n) is 12.8. The molecule has 194 valence electrons. The van der Waals surface area contributed by atoms with E-state index in [1.54, 1.807) is 6.92 Å². The minimum absolute atomic E-state index is 0.166. The van der Waals surface area contributed by atoms with Gasteiger partial charge in [0.1, 0.15) is 0 Å². The zero-order valence-corrected chi connectivity index (χ0v) is 21.6. The lowest BCUT2D eigenvalue weighted by molar-refractivity contribution is -0.147. The molecule has 0 aliphatic carbocycles. The van der Waals surface area contributed by atoms with Crippen molar-refractivity contribution in [3.8, 4) is 0 Å². The second kappa shape index (κ2) is 21.1. The van der Waals surface area contributed by atoms with Crippen LogP contribution in [0, 0.1) is 0 Å². The van der Waals surface area contributed by atoms with Crippen LogP contribution in [0.15, 0.2) is 12.3 Å². The molecule has 0 saturated carbocycles. The molecule has 8 heteroatoms. The number of unbranched alkanes of at least 4 members (excludes halogenated alkanes) is 15. The predicted molar refractivity (Wildman–Crippen MR) is 131 cm³/mol. The van der Waals surface area contributed by atoms with Gasteiger partial charge in [0, 0.05) is 0 Å². The highest BCUT2D eigenvalue weighted by molar-refractivity contribution is 7.87. The molecular weight excluding hydrogens is 444 g/mol. The highest BCUT2D eigenvalue weighted by atomic mass is 32.2. The Morgan fingerprint density at radius 3 is 1.61 bits per heavy atom. The van der Waals surface area contributed by atoms with Gasteiger partial charge in [0.05, 0.1) is 19.3 Å². The van der Waals surface area contributed by atoms with E-state index in [-0.39, 0.29) is 6.61 Å². The van der Waals surface area contributed by atoms with E-state index in [1.807, 2.05) is 0 Å². The monoisotopic (exact) mass is 490 g/mol. The zero-order chi connectivity index (χ0) is 24.8. The van der Waals surface area contributed by atoms with E-state index in [9.17, 15) is 18.0 Å². The van der Waals surface area contributed by atoms with E-state index in [1.165, 1.54) is 83.1 Å². The third-order valence-corrected chi connectivity index (χ3v) is 6.63. The van der Waals surface area contributed by atoms with E-state index >= 15 is 0 Å². The van der Waals surface area contributed by atoms with Gasteiger partial charge in [-0.15, -0.1) is 0 Å². The minimum atomic E-state index is -4.76. The van der Waals surface area contributed by atoms with E-state index in [2.05, 4.69) is 11.7 Å². The third kappa shape index (κ3) is 19.7. The normalized spacial score (nSPS) is 12.7. The van der Waals surface area contributed by atoms with E-state index in [0.29, 0.717) is 6.42 Å². The molecule has 0 aromatic rings. The zero-order valence-electron chi connectivity index (χ0n) is 20.8. The lowest BCUT2D eigenvalue weighted by atomic mass is 10.0. The van der Waals surface area contributed by atoms with Gasteiger partial charge in [0.25, 0.3) is 10.1 Å². The van der Waals surface area contributed by atoms with Crippen LogP contribution < -0.4 is 0 Å². The molecule has 33 heavy (non-hydrogen) atoms. The van der Waals surface area contributed by atoms with Gasteiger partial charge in [-0.2, -0.15) is 8.42 Å². The fourth-order valence-electron chi connectivity index (χ4n) is 3.57. The Hall–Kier alpha value is -1.41. The van der Waals surface area contributed by atoms with Crippen LogP contribution in [-0.4, -0.2) is 36.8 Å². The first kappa shape index (κ1) is 31.6. The minimum Gasteiger partial charge on any atom is -0.466 e. The van der Waals surface area contributed by atoms with Crippen molar-refractivity contribution in [3.63, 3.8) is 0 Å². The Labute approximate surface area is 201 Å². The average Bonchev–Trinajstić information content (AvgIpc) is 2.77. The standard InChI is InChI=1S/C25H46O7S/c1-3-5-6-7-8-9-10-11-12-13-14-15-16-17-18-19-21-31-24(26)22-23(33(28,29)30)25(27)32-20-4-2/h4,20,23H,3,5-19,21-22H2,1-2H3,(H,28,29,30)/b20-4+. The molecule has 0 aromatic carbocycles. The molecule has 1 unspecified atom stereocenters. The molecule has 0 aliphatic rings. The smallest absolute Gasteiger partial charge is 0.332 e. The predicted octanol–water partition coefficient (Wildman–Crippen LogP) is 6.51. The number of carbonyl (C=O) groups excluding carboxylic acids is 2. The second-order valence-electron chi connectivity index (χ2n) is 8.64. The van der Waals surface area contributed by atoms with Gasteiger partial charge in [-0.05, 0) is 13.3 Å². The molecule has 0 amide bonds. The summed E-state index contributed by atoms with van der Waals surface area (Å²) in [6.07, 6.45) is 21.5. The molecule has 0 spiro atoms. The maximum atomic E-state index is 11.8. The van der Waals surface area contributed by atoms with Crippen LogP contribution in [0.3, 0.4) is 0 Å². The molecule has 0 aliphatic heterocycles. The summed E-state index contributed by atoms with van der Waals surface area (Å²) in [6.45, 7) is 3.99. The number of carbonyl (C=O) groups is 2. The molecule has 0 radical (unpaired) electrons. The van der Waals surface area contributed by atoms with Gasteiger partial charge < -0.3 is 9.47 Å². The van der Waals surface area contributed by atoms with Crippen LogP contribution in [0.1, 0.15) is 123 Å². The molecule has 1 N–H and O–H groups in total. The molecular formula is C25H46O7S. The van der Waals surface area contributed by atoms with Gasteiger partial charge in [0.15, 0.2) is 5.25 Å². The topological polar surface area (TPSA) is 107 Å². The summed E-state index contributed by atoms with van der Waals surface area (Å²) in [7, 11) is -4.76. The molecule has 0 rings (SSSR count). The SMILES string of the molecule is C/C=C/OC(=O)C(CC(=O)OCCCCCCCCCCCCCCCCCC)S(=O)(=O)O. The van der Waals surface area contributed by atoms with Gasteiger partial charge >= 0.3 is 11.9 Å². The summed E-state index contributed by atoms with van der Waals surface area (Å²) >= 11 is 0. The average molecular weight is 491 g/mol. The van der Waals surface area contributed by atoms with Crippen LogP contribution in [0.5, 0.6) is 0 Å². The largest absolute Gasteiger partial charge is 0.466 e. The first-order chi connectivity index (χ1) is 15.8. The van der Waals surface area contributed by atoms with Crippen molar-refractivity contribution in [2.75, 3.05) is 6.61 Å². The lowest BCUT2D eigenvalue weighted by Gasteiger charge is -2.11. The molecule has 0 saturated heterocycles. The summed E-state index contributed by atoms with van der Waals surface area (Å²) in [4.78, 5) is 23.5. The van der Waals surface area contributed by atoms with Gasteiger partial charge in [-0.1, -0.05) is 109 Å². The van der Waals surface area contributed by atoms with Crippen LogP contribution in [0.2, 0.25) is 0 Å².